The third-order valence-electron chi connectivity index (χ3n) is 7.53. The summed E-state index contributed by atoms with van der Waals surface area (Å²) in [6.07, 6.45) is 7.80. The third-order valence-corrected chi connectivity index (χ3v) is 8.63. The molecule has 1 amide bonds. The van der Waals surface area contributed by atoms with Crippen LogP contribution in [0.15, 0.2) is 48.5 Å². The first-order chi connectivity index (χ1) is 16.1. The highest BCUT2D eigenvalue weighted by Crippen LogP contribution is 2.43. The van der Waals surface area contributed by atoms with E-state index in [-0.39, 0.29) is 11.4 Å². The van der Waals surface area contributed by atoms with E-state index in [9.17, 15) is 10.1 Å². The lowest BCUT2D eigenvalue weighted by Crippen LogP contribution is -2.54. The molecule has 2 heterocycles. The molecular formula is C28H31N3OS. The Morgan fingerprint density at radius 3 is 2.70 bits per heavy atom. The topological polar surface area (TPSA) is 47.3 Å². The van der Waals surface area contributed by atoms with Gasteiger partial charge in [0.1, 0.15) is 0 Å². The van der Waals surface area contributed by atoms with Crippen LogP contribution in [0.3, 0.4) is 0 Å². The van der Waals surface area contributed by atoms with Crippen molar-refractivity contribution in [3.05, 3.63) is 65.2 Å². The number of fused-ring (bicyclic) bond motifs is 2. The summed E-state index contributed by atoms with van der Waals surface area (Å²) in [6, 6.07) is 19.0. The number of hydrogen-bond donors (Lipinski definition) is 0. The lowest BCUT2D eigenvalue weighted by Gasteiger charge is -2.47. The van der Waals surface area contributed by atoms with E-state index in [0.29, 0.717) is 0 Å². The Morgan fingerprint density at radius 2 is 1.94 bits per heavy atom. The van der Waals surface area contributed by atoms with Crippen LogP contribution in [0.2, 0.25) is 0 Å². The second-order valence-electron chi connectivity index (χ2n) is 9.63. The number of carbonyl (C=O) groups is 1. The summed E-state index contributed by atoms with van der Waals surface area (Å²) in [5.41, 5.74) is 3.30. The van der Waals surface area contributed by atoms with Gasteiger partial charge in [0.25, 0.3) is 0 Å². The Balaban J connectivity index is 1.39. The molecule has 5 heteroatoms. The number of rotatable bonds is 5. The van der Waals surface area contributed by atoms with Crippen LogP contribution in [-0.2, 0) is 17.8 Å². The van der Waals surface area contributed by atoms with Crippen molar-refractivity contribution in [1.82, 2.24) is 4.90 Å². The summed E-state index contributed by atoms with van der Waals surface area (Å²) in [7, 11) is 0. The zero-order valence-corrected chi connectivity index (χ0v) is 20.2. The van der Waals surface area contributed by atoms with E-state index in [1.807, 2.05) is 12.1 Å². The van der Waals surface area contributed by atoms with Gasteiger partial charge in [0.15, 0.2) is 0 Å². The Morgan fingerprint density at radius 1 is 1.12 bits per heavy atom. The quantitative estimate of drug-likeness (QED) is 0.453. The van der Waals surface area contributed by atoms with Gasteiger partial charge >= 0.3 is 0 Å². The first-order valence-corrected chi connectivity index (χ1v) is 12.9. The van der Waals surface area contributed by atoms with Crippen molar-refractivity contribution in [2.75, 3.05) is 18.0 Å². The second-order valence-corrected chi connectivity index (χ2v) is 10.7. The minimum atomic E-state index is -0.101. The van der Waals surface area contributed by atoms with Crippen molar-refractivity contribution < 1.29 is 4.79 Å². The maximum absolute atomic E-state index is 13.1. The zero-order valence-electron chi connectivity index (χ0n) is 19.3. The zero-order chi connectivity index (χ0) is 22.8. The SMILES string of the molecule is CC(=O)N(c1cc2ccccc2s1)C1(CCN2CCc3cc(C#N)ccc3C2)CCCCC1. The number of benzene rings is 2. The first-order valence-electron chi connectivity index (χ1n) is 12.1. The van der Waals surface area contributed by atoms with Gasteiger partial charge in [-0.1, -0.05) is 43.5 Å². The van der Waals surface area contributed by atoms with E-state index < -0.39 is 0 Å². The molecule has 0 bridgehead atoms. The van der Waals surface area contributed by atoms with Crippen molar-refractivity contribution >= 4 is 32.3 Å². The smallest absolute Gasteiger partial charge is 0.224 e. The van der Waals surface area contributed by atoms with E-state index in [4.69, 9.17) is 0 Å². The molecule has 2 aromatic carbocycles. The molecule has 0 saturated heterocycles. The average molecular weight is 458 g/mol. The monoisotopic (exact) mass is 457 g/mol. The number of thiophene rings is 1. The minimum absolute atomic E-state index is 0.101. The van der Waals surface area contributed by atoms with Crippen LogP contribution in [-0.4, -0.2) is 29.4 Å². The van der Waals surface area contributed by atoms with Crippen molar-refractivity contribution in [2.24, 2.45) is 0 Å². The number of amides is 1. The highest BCUT2D eigenvalue weighted by atomic mass is 32.1. The molecule has 1 aliphatic carbocycles. The Hall–Kier alpha value is -2.68. The Labute approximate surface area is 200 Å². The maximum Gasteiger partial charge on any atom is 0.224 e. The predicted molar refractivity (Wildman–Crippen MR) is 136 cm³/mol. The van der Waals surface area contributed by atoms with Crippen molar-refractivity contribution in [2.45, 2.75) is 64.0 Å². The summed E-state index contributed by atoms with van der Waals surface area (Å²) in [5.74, 6) is 0.163. The van der Waals surface area contributed by atoms with Crippen LogP contribution in [0.5, 0.6) is 0 Å². The fourth-order valence-electron chi connectivity index (χ4n) is 5.83. The summed E-state index contributed by atoms with van der Waals surface area (Å²) < 4.78 is 1.24. The number of carbonyl (C=O) groups excluding carboxylic acids is 1. The van der Waals surface area contributed by atoms with Crippen LogP contribution in [0.4, 0.5) is 5.00 Å². The highest BCUT2D eigenvalue weighted by Gasteiger charge is 2.41. The molecule has 3 aromatic rings. The number of nitriles is 1. The van der Waals surface area contributed by atoms with Crippen LogP contribution in [0, 0.1) is 11.3 Å². The lowest BCUT2D eigenvalue weighted by molar-refractivity contribution is -0.118. The summed E-state index contributed by atoms with van der Waals surface area (Å²) in [6.45, 7) is 4.68. The van der Waals surface area contributed by atoms with Crippen LogP contribution in [0.1, 0.15) is 62.1 Å². The average Bonchev–Trinajstić information content (AvgIpc) is 3.26. The van der Waals surface area contributed by atoms with Gasteiger partial charge in [0, 0.05) is 36.8 Å². The summed E-state index contributed by atoms with van der Waals surface area (Å²) in [4.78, 5) is 17.8. The third kappa shape index (κ3) is 4.43. The van der Waals surface area contributed by atoms with Crippen LogP contribution >= 0.6 is 11.3 Å². The van der Waals surface area contributed by atoms with Crippen molar-refractivity contribution in [3.63, 3.8) is 0 Å². The molecule has 0 N–H and O–H groups in total. The van der Waals surface area contributed by atoms with Crippen molar-refractivity contribution in [3.8, 4) is 6.07 Å². The van der Waals surface area contributed by atoms with E-state index >= 15 is 0 Å². The van der Waals surface area contributed by atoms with Gasteiger partial charge in [-0.25, -0.2) is 0 Å². The fourth-order valence-corrected chi connectivity index (χ4v) is 7.05. The Kier molecular flexibility index (Phi) is 6.23. The molecule has 0 spiro atoms. The molecule has 5 rings (SSSR count). The molecule has 33 heavy (non-hydrogen) atoms. The highest BCUT2D eigenvalue weighted by molar-refractivity contribution is 7.23. The molecule has 0 atom stereocenters. The first kappa shape index (κ1) is 22.1. The van der Waals surface area contributed by atoms with Gasteiger partial charge < -0.3 is 0 Å². The molecule has 1 saturated carbocycles. The van der Waals surface area contributed by atoms with E-state index in [1.165, 1.54) is 40.5 Å². The van der Waals surface area contributed by atoms with Gasteiger partial charge in [-0.15, -0.1) is 11.3 Å². The number of hydrogen-bond acceptors (Lipinski definition) is 4. The minimum Gasteiger partial charge on any atom is -0.299 e. The largest absolute Gasteiger partial charge is 0.299 e. The maximum atomic E-state index is 13.1. The molecule has 170 valence electrons. The molecule has 1 fully saturated rings. The van der Waals surface area contributed by atoms with E-state index in [0.717, 1.165) is 55.9 Å². The predicted octanol–water partition coefficient (Wildman–Crippen LogP) is 6.28. The molecule has 0 unspecified atom stereocenters. The summed E-state index contributed by atoms with van der Waals surface area (Å²) >= 11 is 1.75. The van der Waals surface area contributed by atoms with Gasteiger partial charge in [0.05, 0.1) is 16.6 Å². The normalized spacial score (nSPS) is 17.9. The molecule has 2 aliphatic rings. The summed E-state index contributed by atoms with van der Waals surface area (Å²) in [5, 5.41) is 11.5. The molecule has 1 aliphatic heterocycles. The number of anilines is 1. The van der Waals surface area contributed by atoms with E-state index in [1.54, 1.807) is 18.3 Å². The van der Waals surface area contributed by atoms with E-state index in [2.05, 4.69) is 52.3 Å². The van der Waals surface area contributed by atoms with Crippen LogP contribution in [0.25, 0.3) is 10.1 Å². The molecule has 0 radical (unpaired) electrons. The fraction of sp³-hybridized carbons (Fsp3) is 0.429. The van der Waals surface area contributed by atoms with Crippen LogP contribution < -0.4 is 4.90 Å². The number of nitrogens with zero attached hydrogens (tertiary/aromatic N) is 3. The van der Waals surface area contributed by atoms with Crippen molar-refractivity contribution in [1.29, 1.82) is 5.26 Å². The van der Waals surface area contributed by atoms with Gasteiger partial charge in [-0.3, -0.25) is 14.6 Å². The van der Waals surface area contributed by atoms with Gasteiger partial charge in [-0.2, -0.15) is 5.26 Å². The molecular weight excluding hydrogens is 426 g/mol. The standard InChI is InChI=1S/C28H31N3OS/c1-21(32)31(27-18-24-7-3-4-8-26(24)33-27)28(12-5-2-6-13-28)14-16-30-15-11-23-17-22(19-29)9-10-25(23)20-30/h3-4,7-10,17-18H,2,5-6,11-16,20H2,1H3. The molecule has 1 aromatic heterocycles. The Bertz CT molecular complexity index is 1170. The molecule has 4 nitrogen and oxygen atoms in total. The van der Waals surface area contributed by atoms with Gasteiger partial charge in [0.2, 0.25) is 5.91 Å². The lowest BCUT2D eigenvalue weighted by atomic mass is 9.77. The van der Waals surface area contributed by atoms with Gasteiger partial charge in [-0.05, 0) is 66.5 Å². The second kappa shape index (κ2) is 9.29.